The molecular weight excluding hydrogens is 394 g/mol. The number of esters is 1. The summed E-state index contributed by atoms with van der Waals surface area (Å²) in [7, 11) is 1.97. The van der Waals surface area contributed by atoms with Crippen molar-refractivity contribution in [1.82, 2.24) is 4.57 Å². The number of hydrogen-bond acceptors (Lipinski definition) is 4. The van der Waals surface area contributed by atoms with Gasteiger partial charge >= 0.3 is 5.97 Å². The summed E-state index contributed by atoms with van der Waals surface area (Å²) in [5.41, 5.74) is 12.1. The van der Waals surface area contributed by atoms with Gasteiger partial charge in [0, 0.05) is 35.3 Å². The van der Waals surface area contributed by atoms with Crippen molar-refractivity contribution in [3.63, 3.8) is 0 Å². The molecule has 0 aliphatic heterocycles. The van der Waals surface area contributed by atoms with Gasteiger partial charge < -0.3 is 15.0 Å². The Morgan fingerprint density at radius 2 is 2.10 bits per heavy atom. The van der Waals surface area contributed by atoms with E-state index < -0.39 is 0 Å². The van der Waals surface area contributed by atoms with E-state index in [9.17, 15) is 4.79 Å². The molecule has 1 aliphatic rings. The molecule has 6 heteroatoms. The van der Waals surface area contributed by atoms with Crippen LogP contribution in [-0.2, 0) is 24.0 Å². The van der Waals surface area contributed by atoms with E-state index >= 15 is 0 Å². The molecule has 1 aromatic heterocycles. The highest BCUT2D eigenvalue weighted by Crippen LogP contribution is 2.39. The van der Waals surface area contributed by atoms with E-state index in [2.05, 4.69) is 47.0 Å². The summed E-state index contributed by atoms with van der Waals surface area (Å²) in [6.45, 7) is 2.14. The molecule has 4 rings (SSSR count). The molecule has 0 amide bonds. The fraction of sp³-hybridized carbons (Fsp3) is 0.333. The molecule has 156 valence electrons. The van der Waals surface area contributed by atoms with Crippen molar-refractivity contribution in [2.75, 3.05) is 6.61 Å². The zero-order chi connectivity index (χ0) is 21.3. The molecule has 3 aromatic rings. The Bertz CT molecular complexity index is 1120. The number of thioether (sulfide) groups is 1. The van der Waals surface area contributed by atoms with Crippen LogP contribution in [0.2, 0.25) is 0 Å². The van der Waals surface area contributed by atoms with Gasteiger partial charge in [0.05, 0.1) is 12.2 Å². The van der Waals surface area contributed by atoms with Crippen molar-refractivity contribution >= 4 is 33.8 Å². The van der Waals surface area contributed by atoms with Gasteiger partial charge in [-0.2, -0.15) is 0 Å². The van der Waals surface area contributed by atoms with Crippen LogP contribution in [0.25, 0.3) is 10.9 Å². The van der Waals surface area contributed by atoms with Crippen LogP contribution >= 0.6 is 11.8 Å². The van der Waals surface area contributed by atoms with Gasteiger partial charge in [0.2, 0.25) is 0 Å². The van der Waals surface area contributed by atoms with Crippen molar-refractivity contribution in [2.24, 2.45) is 12.8 Å². The number of aromatic nitrogens is 1. The number of carbonyl (C=O) groups excluding carboxylic acids is 1. The number of nitrogens with two attached hydrogens (primary N) is 1. The number of hydrogen-bond donors (Lipinski definition) is 2. The van der Waals surface area contributed by atoms with Crippen LogP contribution in [0.1, 0.15) is 58.4 Å². The Kier molecular flexibility index (Phi) is 5.86. The fourth-order valence-electron chi connectivity index (χ4n) is 4.57. The largest absolute Gasteiger partial charge is 0.462 e. The molecule has 1 unspecified atom stereocenters. The topological polar surface area (TPSA) is 81.1 Å². The van der Waals surface area contributed by atoms with Crippen LogP contribution in [0.5, 0.6) is 0 Å². The lowest BCUT2D eigenvalue weighted by molar-refractivity contribution is 0.0527. The lowest BCUT2D eigenvalue weighted by Gasteiger charge is -2.26. The third-order valence-corrected chi connectivity index (χ3v) is 6.69. The van der Waals surface area contributed by atoms with Gasteiger partial charge in [0.25, 0.3) is 0 Å². The SMILES string of the molecule is CCOC(=O)c1c(CSC(=N)N)n(C)c2cc(C3CCCc4ccccc43)ccc12. The standard InChI is InChI=1S/C24H27N3O2S/c1-3-29-23(28)22-19-12-11-16(13-20(19)27(2)21(22)14-30-24(25)26)18-10-6-8-15-7-4-5-9-17(15)18/h4-5,7,9,11-13,18H,3,6,8,10,14H2,1-2H3,(H3,25,26). The van der Waals surface area contributed by atoms with E-state index in [0.717, 1.165) is 29.4 Å². The van der Waals surface area contributed by atoms with Crippen molar-refractivity contribution in [3.05, 3.63) is 70.4 Å². The summed E-state index contributed by atoms with van der Waals surface area (Å²) in [6, 6.07) is 15.1. The Morgan fingerprint density at radius 3 is 2.87 bits per heavy atom. The Hall–Kier alpha value is -2.73. The number of amidine groups is 1. The minimum Gasteiger partial charge on any atom is -0.462 e. The van der Waals surface area contributed by atoms with Crippen molar-refractivity contribution in [3.8, 4) is 0 Å². The number of fused-ring (bicyclic) bond motifs is 2. The first kappa shape index (κ1) is 20.5. The summed E-state index contributed by atoms with van der Waals surface area (Å²) >= 11 is 1.22. The molecule has 30 heavy (non-hydrogen) atoms. The van der Waals surface area contributed by atoms with Crippen molar-refractivity contribution < 1.29 is 9.53 Å². The third-order valence-electron chi connectivity index (χ3n) is 5.96. The maximum Gasteiger partial charge on any atom is 0.340 e. The number of ether oxygens (including phenoxy) is 1. The smallest absolute Gasteiger partial charge is 0.340 e. The third kappa shape index (κ3) is 3.72. The van der Waals surface area contributed by atoms with E-state index in [1.165, 1.54) is 34.9 Å². The van der Waals surface area contributed by atoms with Crippen molar-refractivity contribution in [1.29, 1.82) is 5.41 Å². The number of aryl methyl sites for hydroxylation is 2. The highest BCUT2D eigenvalue weighted by atomic mass is 32.2. The highest BCUT2D eigenvalue weighted by molar-refractivity contribution is 8.13. The first-order chi connectivity index (χ1) is 14.5. The molecule has 3 N–H and O–H groups in total. The summed E-state index contributed by atoms with van der Waals surface area (Å²) in [5.74, 6) is 0.504. The van der Waals surface area contributed by atoms with Gasteiger partial charge in [-0.3, -0.25) is 5.41 Å². The molecular formula is C24H27N3O2S. The molecule has 1 aliphatic carbocycles. The zero-order valence-electron chi connectivity index (χ0n) is 17.4. The summed E-state index contributed by atoms with van der Waals surface area (Å²) in [4.78, 5) is 12.8. The molecule has 0 spiro atoms. The molecule has 5 nitrogen and oxygen atoms in total. The van der Waals surface area contributed by atoms with E-state index in [4.69, 9.17) is 15.9 Å². The van der Waals surface area contributed by atoms with Crippen molar-refractivity contribution in [2.45, 2.75) is 37.9 Å². The molecule has 1 heterocycles. The molecule has 0 saturated heterocycles. The fourth-order valence-corrected chi connectivity index (χ4v) is 5.20. The number of benzene rings is 2. The molecule has 0 fully saturated rings. The number of carbonyl (C=O) groups is 1. The zero-order valence-corrected chi connectivity index (χ0v) is 18.2. The second-order valence-electron chi connectivity index (χ2n) is 7.67. The quantitative estimate of drug-likeness (QED) is 0.347. The van der Waals surface area contributed by atoms with Crippen LogP contribution in [0.4, 0.5) is 0 Å². The van der Waals surface area contributed by atoms with Gasteiger partial charge in [-0.15, -0.1) is 0 Å². The summed E-state index contributed by atoms with van der Waals surface area (Å²) < 4.78 is 7.39. The predicted molar refractivity (Wildman–Crippen MR) is 123 cm³/mol. The Morgan fingerprint density at radius 1 is 1.30 bits per heavy atom. The van der Waals surface area contributed by atoms with Crippen LogP contribution in [0, 0.1) is 5.41 Å². The van der Waals surface area contributed by atoms with E-state index in [-0.39, 0.29) is 11.1 Å². The lowest BCUT2D eigenvalue weighted by Crippen LogP contribution is -2.11. The molecule has 0 saturated carbocycles. The van der Waals surface area contributed by atoms with Gasteiger partial charge in [-0.05, 0) is 48.9 Å². The Labute approximate surface area is 181 Å². The minimum atomic E-state index is -0.321. The van der Waals surface area contributed by atoms with Gasteiger partial charge in [0.1, 0.15) is 0 Å². The predicted octanol–water partition coefficient (Wildman–Crippen LogP) is 4.95. The lowest BCUT2D eigenvalue weighted by atomic mass is 9.79. The van der Waals surface area contributed by atoms with Gasteiger partial charge in [0.15, 0.2) is 5.17 Å². The highest BCUT2D eigenvalue weighted by Gasteiger charge is 2.25. The monoisotopic (exact) mass is 421 g/mol. The van der Waals surface area contributed by atoms with Crippen LogP contribution < -0.4 is 5.73 Å². The average molecular weight is 422 g/mol. The Balaban J connectivity index is 1.83. The first-order valence-electron chi connectivity index (χ1n) is 10.3. The molecule has 1 atom stereocenters. The van der Waals surface area contributed by atoms with E-state index in [0.29, 0.717) is 23.8 Å². The van der Waals surface area contributed by atoms with E-state index in [1.807, 2.05) is 14.0 Å². The maximum atomic E-state index is 12.8. The second-order valence-corrected chi connectivity index (χ2v) is 8.69. The normalized spacial score (nSPS) is 15.7. The summed E-state index contributed by atoms with van der Waals surface area (Å²) in [6.07, 6.45) is 3.45. The number of rotatable bonds is 5. The number of nitrogens with one attached hydrogen (secondary N) is 1. The van der Waals surface area contributed by atoms with Crippen LogP contribution in [0.15, 0.2) is 42.5 Å². The van der Waals surface area contributed by atoms with E-state index in [1.54, 1.807) is 0 Å². The molecule has 0 bridgehead atoms. The average Bonchev–Trinajstić information content (AvgIpc) is 3.03. The van der Waals surface area contributed by atoms with Gasteiger partial charge in [-0.25, -0.2) is 4.79 Å². The second kappa shape index (κ2) is 8.56. The van der Waals surface area contributed by atoms with Gasteiger partial charge in [-0.1, -0.05) is 48.2 Å². The van der Waals surface area contributed by atoms with Crippen LogP contribution in [0.3, 0.4) is 0 Å². The molecule has 2 aromatic carbocycles. The maximum absolute atomic E-state index is 12.8. The van der Waals surface area contributed by atoms with Crippen LogP contribution in [-0.4, -0.2) is 22.3 Å². The molecule has 0 radical (unpaired) electrons. The number of nitrogens with zero attached hydrogens (tertiary/aromatic N) is 1. The first-order valence-corrected chi connectivity index (χ1v) is 11.3. The summed E-state index contributed by atoms with van der Waals surface area (Å²) in [5, 5.41) is 8.49. The minimum absolute atomic E-state index is 0.0366.